The zero-order valence-corrected chi connectivity index (χ0v) is 23.6. The van der Waals surface area contributed by atoms with Crippen molar-refractivity contribution in [2.45, 2.75) is 13.1 Å². The van der Waals surface area contributed by atoms with Crippen molar-refractivity contribution in [3.63, 3.8) is 0 Å². The first-order valence-corrected chi connectivity index (χ1v) is 14.4. The quantitative estimate of drug-likeness (QED) is 0.201. The minimum absolute atomic E-state index is 0.200. The Bertz CT molecular complexity index is 2260. The molecule has 0 bridgehead atoms. The predicted octanol–water partition coefficient (Wildman–Crippen LogP) is 7.96. The van der Waals surface area contributed by atoms with E-state index in [1.54, 1.807) is 0 Å². The molecular formula is C38H24N2O4. The molecule has 0 N–H and O–H groups in total. The Kier molecular flexibility index (Phi) is 5.18. The van der Waals surface area contributed by atoms with Crippen molar-refractivity contribution >= 4 is 43.6 Å². The van der Waals surface area contributed by atoms with Crippen molar-refractivity contribution in [1.82, 2.24) is 9.13 Å². The van der Waals surface area contributed by atoms with Gasteiger partial charge in [0, 0.05) is 32.7 Å². The first-order chi connectivity index (χ1) is 21.8. The third-order valence-corrected chi connectivity index (χ3v) is 8.74. The van der Waals surface area contributed by atoms with Crippen molar-refractivity contribution in [2.75, 3.05) is 13.6 Å². The van der Waals surface area contributed by atoms with Gasteiger partial charge in [0.05, 0.1) is 35.2 Å². The van der Waals surface area contributed by atoms with E-state index in [2.05, 4.69) is 93.8 Å². The highest BCUT2D eigenvalue weighted by atomic mass is 16.7. The van der Waals surface area contributed by atoms with Gasteiger partial charge in [0.15, 0.2) is 23.0 Å². The maximum Gasteiger partial charge on any atom is 0.231 e. The summed E-state index contributed by atoms with van der Waals surface area (Å²) in [5, 5.41) is 4.39. The van der Waals surface area contributed by atoms with E-state index in [1.165, 1.54) is 0 Å². The second kappa shape index (κ2) is 9.26. The molecule has 2 aliphatic rings. The fraction of sp³-hybridized carbons (Fsp3) is 0.105. The van der Waals surface area contributed by atoms with E-state index in [9.17, 15) is 0 Å². The second-order valence-corrected chi connectivity index (χ2v) is 10.9. The van der Waals surface area contributed by atoms with Gasteiger partial charge in [-0.1, -0.05) is 60.4 Å². The fourth-order valence-corrected chi connectivity index (χ4v) is 7.05. The van der Waals surface area contributed by atoms with Gasteiger partial charge in [0.1, 0.15) is 0 Å². The van der Waals surface area contributed by atoms with Gasteiger partial charge in [-0.05, 0) is 47.5 Å². The van der Waals surface area contributed by atoms with E-state index in [1.807, 2.05) is 12.1 Å². The van der Waals surface area contributed by atoms with Gasteiger partial charge in [-0.3, -0.25) is 0 Å². The molecule has 6 nitrogen and oxygen atoms in total. The third-order valence-electron chi connectivity index (χ3n) is 8.74. The summed E-state index contributed by atoms with van der Waals surface area (Å²) in [5.41, 5.74) is 8.36. The molecule has 0 unspecified atom stereocenters. The molecule has 0 atom stereocenters. The Morgan fingerprint density at radius 2 is 0.977 bits per heavy atom. The zero-order valence-electron chi connectivity index (χ0n) is 23.6. The lowest BCUT2D eigenvalue weighted by Crippen LogP contribution is -2.00. The van der Waals surface area contributed by atoms with E-state index < -0.39 is 0 Å². The number of aromatic nitrogens is 2. The first-order valence-electron chi connectivity index (χ1n) is 14.4. The molecule has 4 heterocycles. The van der Waals surface area contributed by atoms with Gasteiger partial charge in [-0.2, -0.15) is 0 Å². The van der Waals surface area contributed by atoms with Crippen LogP contribution in [0.2, 0.25) is 0 Å². The Hall–Kier alpha value is -5.98. The molecule has 7 aromatic rings. The largest absolute Gasteiger partial charge is 0.454 e. The number of para-hydroxylation sites is 2. The summed E-state index contributed by atoms with van der Waals surface area (Å²) >= 11 is 0. The van der Waals surface area contributed by atoms with Crippen LogP contribution in [0.25, 0.3) is 65.9 Å². The van der Waals surface area contributed by atoms with Gasteiger partial charge >= 0.3 is 0 Å². The van der Waals surface area contributed by atoms with Crippen molar-refractivity contribution in [3.8, 4) is 69.9 Å². The summed E-state index contributed by atoms with van der Waals surface area (Å²) in [5.74, 6) is 8.76. The van der Waals surface area contributed by atoms with Crippen LogP contribution >= 0.6 is 0 Å². The maximum atomic E-state index is 6.06. The molecule has 0 spiro atoms. The van der Waals surface area contributed by atoms with Crippen molar-refractivity contribution in [1.29, 1.82) is 0 Å². The van der Waals surface area contributed by atoms with Crippen LogP contribution in [0, 0.1) is 24.7 Å². The summed E-state index contributed by atoms with van der Waals surface area (Å²) in [6.07, 6.45) is 12.1. The third kappa shape index (κ3) is 3.28. The van der Waals surface area contributed by atoms with Crippen LogP contribution in [0.15, 0.2) is 84.9 Å². The zero-order chi connectivity index (χ0) is 29.4. The van der Waals surface area contributed by atoms with Crippen LogP contribution < -0.4 is 18.9 Å². The number of nitrogens with zero attached hydrogens (tertiary/aromatic N) is 2. The highest BCUT2D eigenvalue weighted by Crippen LogP contribution is 2.52. The van der Waals surface area contributed by atoms with Crippen LogP contribution in [-0.4, -0.2) is 22.7 Å². The average Bonchev–Trinajstić information content (AvgIpc) is 3.85. The van der Waals surface area contributed by atoms with Crippen molar-refractivity contribution < 1.29 is 18.9 Å². The Balaban J connectivity index is 1.59. The molecule has 0 fully saturated rings. The first kappa shape index (κ1) is 24.6. The maximum absolute atomic E-state index is 6.06. The molecule has 0 radical (unpaired) electrons. The molecule has 44 heavy (non-hydrogen) atoms. The molecule has 6 heteroatoms. The van der Waals surface area contributed by atoms with Crippen LogP contribution in [0.1, 0.15) is 0 Å². The van der Waals surface area contributed by atoms with E-state index in [4.69, 9.17) is 31.8 Å². The number of fused-ring (bicyclic) bond motifs is 8. The molecule has 0 saturated carbocycles. The summed E-state index contributed by atoms with van der Waals surface area (Å²) in [6.45, 7) is 1.20. The summed E-state index contributed by atoms with van der Waals surface area (Å²) in [7, 11) is 0. The number of terminal acetylenes is 2. The van der Waals surface area contributed by atoms with Gasteiger partial charge in [0.25, 0.3) is 0 Å². The number of ether oxygens (including phenoxy) is 4. The molecule has 2 aromatic heterocycles. The lowest BCUT2D eigenvalue weighted by Gasteiger charge is -2.17. The number of hydrogen-bond acceptors (Lipinski definition) is 4. The van der Waals surface area contributed by atoms with E-state index in [0.29, 0.717) is 13.1 Å². The van der Waals surface area contributed by atoms with E-state index in [-0.39, 0.29) is 13.6 Å². The molecule has 210 valence electrons. The molecule has 9 rings (SSSR count). The smallest absolute Gasteiger partial charge is 0.231 e. The lowest BCUT2D eigenvalue weighted by atomic mass is 9.89. The molecule has 5 aromatic carbocycles. The van der Waals surface area contributed by atoms with Crippen LogP contribution in [0.4, 0.5) is 0 Å². The van der Waals surface area contributed by atoms with Crippen LogP contribution in [0.3, 0.4) is 0 Å². The summed E-state index contributed by atoms with van der Waals surface area (Å²) < 4.78 is 27.6. The Morgan fingerprint density at radius 1 is 0.545 bits per heavy atom. The highest BCUT2D eigenvalue weighted by molar-refractivity contribution is 6.32. The van der Waals surface area contributed by atoms with Crippen molar-refractivity contribution in [3.05, 3.63) is 84.9 Å². The monoisotopic (exact) mass is 572 g/mol. The summed E-state index contributed by atoms with van der Waals surface area (Å²) in [6, 6.07) is 29.2. The fourth-order valence-electron chi connectivity index (χ4n) is 7.05. The van der Waals surface area contributed by atoms with E-state index >= 15 is 0 Å². The van der Waals surface area contributed by atoms with Crippen molar-refractivity contribution in [2.24, 2.45) is 0 Å². The number of rotatable bonds is 4. The topological polar surface area (TPSA) is 46.8 Å². The lowest BCUT2D eigenvalue weighted by molar-refractivity contribution is 0.173. The SMILES string of the molecule is C#CCn1c2ccccc2c2c(-c3ccc4c(c3)OCO4)c3c(c(-c4ccc5c(c4)OCO5)c21)c1ccccc1n3CC#C. The molecular weight excluding hydrogens is 548 g/mol. The van der Waals surface area contributed by atoms with Gasteiger partial charge in [-0.25, -0.2) is 0 Å². The standard InChI is InChI=1S/C38H24N2O4/c1-3-17-39-27-11-7-5-9-25(27)35-34(24-14-16-30-32(20-24)44-22-42-30)38-36(26-10-6-8-12-28(26)40(38)18-4-2)33(37(35)39)23-13-15-29-31(19-23)43-21-41-29/h1-2,5-16,19-20H,17-18,21-22H2. The van der Waals surface area contributed by atoms with Gasteiger partial charge in [-0.15, -0.1) is 12.8 Å². The Morgan fingerprint density at radius 3 is 1.43 bits per heavy atom. The van der Waals surface area contributed by atoms with Gasteiger partial charge in [0.2, 0.25) is 13.6 Å². The minimum Gasteiger partial charge on any atom is -0.454 e. The molecule has 2 aliphatic heterocycles. The normalized spacial score (nSPS) is 13.2. The molecule has 0 aliphatic carbocycles. The number of benzene rings is 5. The molecule has 0 saturated heterocycles. The van der Waals surface area contributed by atoms with Crippen LogP contribution in [-0.2, 0) is 13.1 Å². The minimum atomic E-state index is 0.200. The van der Waals surface area contributed by atoms with E-state index in [0.717, 1.165) is 88.9 Å². The Labute approximate surface area is 252 Å². The number of hydrogen-bond donors (Lipinski definition) is 0. The van der Waals surface area contributed by atoms with Gasteiger partial charge < -0.3 is 28.1 Å². The highest BCUT2D eigenvalue weighted by Gasteiger charge is 2.29. The second-order valence-electron chi connectivity index (χ2n) is 10.9. The predicted molar refractivity (Wildman–Crippen MR) is 173 cm³/mol. The summed E-state index contributed by atoms with van der Waals surface area (Å²) in [4.78, 5) is 0. The molecule has 0 amide bonds. The van der Waals surface area contributed by atoms with Crippen LogP contribution in [0.5, 0.6) is 23.0 Å². The average molecular weight is 573 g/mol.